The van der Waals surface area contributed by atoms with Crippen LogP contribution in [0.15, 0.2) is 175 Å². The van der Waals surface area contributed by atoms with Crippen LogP contribution in [0.25, 0.3) is 0 Å². The lowest BCUT2D eigenvalue weighted by atomic mass is 9.65. The predicted octanol–water partition coefficient (Wildman–Crippen LogP) is 29.5. The Labute approximate surface area is 908 Å². The van der Waals surface area contributed by atoms with E-state index in [1.807, 2.05) is 138 Å². The van der Waals surface area contributed by atoms with Gasteiger partial charge >= 0.3 is 17.9 Å². The number of imidazole rings is 1. The molecule has 6 fully saturated rings. The van der Waals surface area contributed by atoms with Crippen molar-refractivity contribution in [2.45, 2.75) is 404 Å². The quantitative estimate of drug-likeness (QED) is 0.0410. The molecule has 808 valence electrons. The number of carbonyl (C=O) groups is 3. The van der Waals surface area contributed by atoms with Crippen LogP contribution in [-0.4, -0.2) is 237 Å². The standard InChI is InChI=1S/C13H26N2.C13H25N.C12H20N2.2C11H14O2S.C10H13NO2S.C10H19NO2.C10H14OS.C9H13NOS.C7H10Cl2N2.C7H12N2S2/c1-13(2,3)15-10-6-7-12(15)11-14-8-4-5-9-14;1-10(2)14-9-13(5)7-11(14)6-12(3,4)8-13;1-12(2,3)14(4)10-8-11-7-5-6-9-13-11;1-11(2,3)14-9-6-4-8(5-7-9)10(12)13;1-11(2,3)14-9-7-5-4-6-8(9)10(12)13;1-10(2,3)14-8-7(9(12)13)5-4-6-11-8;1-9(2)11-5-3-10(4-6-11)12-7-8-13-10;1-8(2)12-10-7-5-4-6-9(10)11-3;1-9(2,3)12-8-6-4-5-7-10(8)11;1-7(2,3)11-4-10-5(8)6(11)9;1-5-8-9-6(10-5)11-7(2,3)4/h12H,4-11H2,1-3H3;10-11H,6-9H2,1-5H3;5-7,9H,8,10H2,1-4H3;2*4-7H,1-3H3,(H,12,13);4-6H,1-3H3,(H,12,13);9H,3-8H2,1-2H3;4-8H,1-3H3;4-7H,1-3H3;4H,1-3H3;1-4H3/t12-;;;;;;;;;;/m0........../s1. The number of benzene rings is 3. The topological polar surface area (TPSA) is 252 Å². The Bertz CT molecular complexity index is 4980. The van der Waals surface area contributed by atoms with E-state index in [1.54, 1.807) is 120 Å². The average molecular weight is 2160 g/mol. The Hall–Kier alpha value is -5.71. The molecule has 3 aromatic carbocycles. The fourth-order valence-corrected chi connectivity index (χ4v) is 24.4. The van der Waals surface area contributed by atoms with Crippen molar-refractivity contribution >= 4 is 123 Å². The summed E-state index contributed by atoms with van der Waals surface area (Å²) in [6.45, 7) is 85.7. The number of likely N-dealkylation sites (N-methyl/N-ethyl adjacent to an activating group) is 1. The third-order valence-corrected chi connectivity index (χ3v) is 31.5. The molecule has 5 aliphatic heterocycles. The number of thioether (sulfide) groups is 6. The first-order chi connectivity index (χ1) is 66.4. The van der Waals surface area contributed by atoms with Gasteiger partial charge in [0.25, 0.3) is 5.03 Å². The fourth-order valence-electron chi connectivity index (χ4n) is 16.8. The third kappa shape index (κ3) is 51.9. The second kappa shape index (κ2) is 59.9. The molecule has 6 aliphatic rings. The van der Waals surface area contributed by atoms with Gasteiger partial charge in [-0.15, -0.1) is 45.5 Å². The zero-order valence-corrected chi connectivity index (χ0v) is 101. The number of ether oxygens (including phenoxy) is 3. The lowest BCUT2D eigenvalue weighted by Crippen LogP contribution is -2.48. The van der Waals surface area contributed by atoms with Crippen LogP contribution in [0, 0.1) is 23.0 Å². The third-order valence-electron chi connectivity index (χ3n) is 23.1. The van der Waals surface area contributed by atoms with Gasteiger partial charge in [-0.1, -0.05) is 239 Å². The van der Waals surface area contributed by atoms with Crippen molar-refractivity contribution in [3.05, 3.63) is 189 Å². The van der Waals surface area contributed by atoms with Crippen molar-refractivity contribution in [3.8, 4) is 5.75 Å². The SMILES string of the molecule is CC(C)(C)N1CCC[C@H]1CN1CCCC1.CC(C)(C)Sc1ccc(C(=O)O)cc1.CC(C)(C)Sc1cccc[n+]1[O-].CC(C)(C)Sc1ccccc1C(=O)O.CC(C)(C)Sc1ncccc1C(=O)O.CC(C)(C)n1cnc(Cl)c1Cl.CC(C)N1CC2(C)CC1CC(C)(C)C2.CC(C)N1CCC2(CC1)OCCO2.CN(CCc1ccccn1)C(C)(C)C.COc1ccccc1SC(C)C.Cc1nnc(SC(C)(C)C)s1. The van der Waals surface area contributed by atoms with E-state index in [9.17, 15) is 19.6 Å². The maximum atomic E-state index is 11.2. The molecule has 5 aromatic heterocycles. The van der Waals surface area contributed by atoms with Gasteiger partial charge in [0.05, 0.1) is 43.3 Å². The summed E-state index contributed by atoms with van der Waals surface area (Å²) in [6, 6.07) is 40.0. The summed E-state index contributed by atoms with van der Waals surface area (Å²) in [5.74, 6) is -1.90. The van der Waals surface area contributed by atoms with Gasteiger partial charge in [0.2, 0.25) is 0 Å². The molecule has 3 N–H and O–H groups in total. The number of carboxylic acid groups (broad SMARTS) is 3. The van der Waals surface area contributed by atoms with Gasteiger partial charge in [0.15, 0.2) is 21.5 Å². The highest BCUT2D eigenvalue weighted by atomic mass is 35.5. The Kier molecular flexibility index (Phi) is 54.3. The predicted molar refractivity (Wildman–Crippen MR) is 615 cm³/mol. The van der Waals surface area contributed by atoms with Crippen molar-refractivity contribution in [2.75, 3.05) is 79.7 Å². The van der Waals surface area contributed by atoms with Crippen LogP contribution in [0.3, 0.4) is 0 Å². The number of hydrogen-bond acceptors (Lipinski definition) is 24. The lowest BCUT2D eigenvalue weighted by molar-refractivity contribution is -0.645. The number of pyridine rings is 3. The smallest absolute Gasteiger partial charge is 0.338 e. The number of para-hydroxylation sites is 1. The van der Waals surface area contributed by atoms with Gasteiger partial charge in [-0.25, -0.2) is 24.4 Å². The van der Waals surface area contributed by atoms with Crippen molar-refractivity contribution in [3.63, 3.8) is 0 Å². The molecule has 22 nitrogen and oxygen atoms in total. The molecule has 8 aromatic rings. The van der Waals surface area contributed by atoms with E-state index in [2.05, 4.69) is 256 Å². The number of halogens is 2. The van der Waals surface area contributed by atoms with Gasteiger partial charge < -0.3 is 54.0 Å². The van der Waals surface area contributed by atoms with Crippen LogP contribution in [0.4, 0.5) is 0 Å². The number of fused-ring (bicyclic) bond motifs is 2. The first-order valence-electron chi connectivity index (χ1n) is 50.8. The lowest BCUT2D eigenvalue weighted by Gasteiger charge is -2.40. The molecule has 5 saturated heterocycles. The van der Waals surface area contributed by atoms with Gasteiger partial charge in [0, 0.05) is 167 Å². The number of hydrogen-bond donors (Lipinski definition) is 3. The minimum atomic E-state index is -0.926. The highest BCUT2D eigenvalue weighted by Gasteiger charge is 2.50. The number of carboxylic acids is 3. The monoisotopic (exact) mass is 2160 g/mol. The molecule has 14 rings (SSSR count). The summed E-state index contributed by atoms with van der Waals surface area (Å²) in [6.07, 6.45) is 19.6. The highest BCUT2D eigenvalue weighted by molar-refractivity contribution is 8.02. The van der Waals surface area contributed by atoms with E-state index in [0.717, 1.165) is 105 Å². The molecule has 1 spiro atoms. The fraction of sp³-hybridized carbons (Fsp3) is 0.637. The maximum Gasteiger partial charge on any atom is 0.338 e. The Morgan fingerprint density at radius 2 is 1.13 bits per heavy atom. The zero-order valence-electron chi connectivity index (χ0n) is 94.1. The molecular formula is C113H180Cl2N12O10S7. The summed E-state index contributed by atoms with van der Waals surface area (Å²) in [4.78, 5) is 60.7. The largest absolute Gasteiger partial charge is 0.618 e. The summed E-state index contributed by atoms with van der Waals surface area (Å²) < 4.78 is 20.8. The zero-order chi connectivity index (χ0) is 109. The molecule has 1 saturated carbocycles. The molecule has 0 radical (unpaired) electrons. The van der Waals surface area contributed by atoms with Crippen molar-refractivity contribution in [1.29, 1.82) is 0 Å². The second-order valence-corrected chi connectivity index (χ2v) is 60.1. The summed E-state index contributed by atoms with van der Waals surface area (Å²) in [5, 5.41) is 49.6. The van der Waals surface area contributed by atoms with Crippen LogP contribution >= 0.6 is 105 Å². The molecule has 3 atom stereocenters. The van der Waals surface area contributed by atoms with Crippen LogP contribution in [-0.2, 0) is 21.4 Å². The number of nitrogens with zero attached hydrogens (tertiary/aromatic N) is 12. The van der Waals surface area contributed by atoms with Crippen molar-refractivity contribution in [1.82, 2.24) is 54.2 Å². The number of methoxy groups -OCH3 is 1. The Morgan fingerprint density at radius 3 is 1.60 bits per heavy atom. The Morgan fingerprint density at radius 1 is 0.590 bits per heavy atom. The first kappa shape index (κ1) is 131. The molecule has 2 unspecified atom stereocenters. The van der Waals surface area contributed by atoms with Crippen LogP contribution in [0.2, 0.25) is 10.3 Å². The number of likely N-dealkylation sites (tertiary alicyclic amines) is 4. The van der Waals surface area contributed by atoms with Gasteiger partial charge in [0.1, 0.15) is 20.9 Å². The van der Waals surface area contributed by atoms with Crippen molar-refractivity contribution in [2.24, 2.45) is 10.8 Å². The molecule has 10 heterocycles. The molecule has 0 amide bonds. The Balaban J connectivity index is 0.000000331. The van der Waals surface area contributed by atoms with Gasteiger partial charge in [-0.05, 0) is 258 Å². The summed E-state index contributed by atoms with van der Waals surface area (Å²) >= 11 is 23.1. The number of piperidine rings is 1. The van der Waals surface area contributed by atoms with Crippen LogP contribution < -0.4 is 9.47 Å². The van der Waals surface area contributed by atoms with Gasteiger partial charge in [-0.2, -0.15) is 4.73 Å². The van der Waals surface area contributed by atoms with E-state index >= 15 is 0 Å². The van der Waals surface area contributed by atoms with E-state index < -0.39 is 17.9 Å². The molecule has 2 bridgehead atoms. The highest BCUT2D eigenvalue weighted by Crippen LogP contribution is 2.53. The number of aromatic nitrogens is 7. The minimum Gasteiger partial charge on any atom is -0.618 e. The maximum absolute atomic E-state index is 11.2. The number of rotatable bonds is 18. The number of aryl methyl sites for hydroxylation is 1. The summed E-state index contributed by atoms with van der Waals surface area (Å²) in [7, 11) is 3.86. The summed E-state index contributed by atoms with van der Waals surface area (Å²) in [5.41, 5.74) is 3.89. The molecular weight excluding hydrogens is 1980 g/mol. The molecule has 144 heavy (non-hydrogen) atoms. The number of aromatic carboxylic acids is 3. The molecule has 1 aliphatic carbocycles. The second-order valence-electron chi connectivity index (χ2n) is 47.0. The molecule has 31 heteroatoms. The van der Waals surface area contributed by atoms with Crippen LogP contribution in [0.1, 0.15) is 328 Å². The van der Waals surface area contributed by atoms with E-state index in [1.165, 1.54) is 106 Å². The minimum absolute atomic E-state index is 0.0292. The van der Waals surface area contributed by atoms with E-state index in [4.69, 9.17) is 52.7 Å². The van der Waals surface area contributed by atoms with Gasteiger partial charge in [-0.3, -0.25) is 14.8 Å². The average Bonchev–Trinajstić information content (AvgIpc) is 1.61. The van der Waals surface area contributed by atoms with E-state index in [0.29, 0.717) is 54.1 Å². The van der Waals surface area contributed by atoms with E-state index in [-0.39, 0.29) is 46.2 Å². The van der Waals surface area contributed by atoms with Crippen molar-refractivity contribution < 1.29 is 48.6 Å². The van der Waals surface area contributed by atoms with Crippen LogP contribution in [0.5, 0.6) is 5.75 Å². The normalized spacial score (nSPS) is 18.0. The first-order valence-corrected chi connectivity index (χ1v) is 57.3.